The maximum Gasteiger partial charge on any atom is 0.310 e. The molecule has 3 rings (SSSR count). The number of halogens is 1. The molecule has 0 saturated carbocycles. The number of hydrogen-bond acceptors (Lipinski definition) is 4. The molecule has 6 nitrogen and oxygen atoms in total. The van der Waals surface area contributed by atoms with Crippen molar-refractivity contribution in [2.75, 3.05) is 6.54 Å². The highest BCUT2D eigenvalue weighted by molar-refractivity contribution is 7.89. The summed E-state index contributed by atoms with van der Waals surface area (Å²) in [6, 6.07) is 17.0. The van der Waals surface area contributed by atoms with E-state index in [0.29, 0.717) is 24.3 Å². The zero-order valence-electron chi connectivity index (χ0n) is 17.9. The summed E-state index contributed by atoms with van der Waals surface area (Å²) in [6.45, 7) is 0.228. The smallest absolute Gasteiger partial charge is 0.310 e. The quantitative estimate of drug-likeness (QED) is 0.402. The molecular formula is C25H25ClN2O4S. The standard InChI is InChI=1S/C25H25ClN2O4S/c26-22-11-13-23(14-12-22)33(31,32)28-17-15-19-7-9-21(10-8-19)24(25(29)30)6-2-1-4-20-5-3-16-27-18-20/h1,3-5,7-14,16,18,24,28H,2,6,15,17H2,(H,29,30). The molecule has 0 aliphatic heterocycles. The number of rotatable bonds is 11. The Morgan fingerprint density at radius 2 is 1.82 bits per heavy atom. The van der Waals surface area contributed by atoms with Crippen molar-refractivity contribution in [2.24, 2.45) is 0 Å². The number of carboxylic acids is 1. The number of nitrogens with one attached hydrogen (secondary N) is 1. The van der Waals surface area contributed by atoms with Crippen molar-refractivity contribution in [3.63, 3.8) is 0 Å². The highest BCUT2D eigenvalue weighted by Crippen LogP contribution is 2.23. The van der Waals surface area contributed by atoms with Gasteiger partial charge in [-0.3, -0.25) is 9.78 Å². The molecule has 1 atom stereocenters. The van der Waals surface area contributed by atoms with Gasteiger partial charge in [-0.05, 0) is 66.3 Å². The van der Waals surface area contributed by atoms with Gasteiger partial charge in [0.1, 0.15) is 0 Å². The van der Waals surface area contributed by atoms with Crippen molar-refractivity contribution in [3.05, 3.63) is 101 Å². The van der Waals surface area contributed by atoms with Gasteiger partial charge in [0.05, 0.1) is 10.8 Å². The lowest BCUT2D eigenvalue weighted by atomic mass is 9.93. The van der Waals surface area contributed by atoms with E-state index in [9.17, 15) is 18.3 Å². The number of nitrogens with zero attached hydrogens (tertiary/aromatic N) is 1. The van der Waals surface area contributed by atoms with Crippen molar-refractivity contribution in [3.8, 4) is 0 Å². The maximum absolute atomic E-state index is 12.3. The molecule has 172 valence electrons. The second-order valence-corrected chi connectivity index (χ2v) is 9.70. The van der Waals surface area contributed by atoms with Crippen LogP contribution < -0.4 is 4.72 Å². The SMILES string of the molecule is O=C(O)C(CCC=Cc1cccnc1)c1ccc(CCNS(=O)(=O)c2ccc(Cl)cc2)cc1. The van der Waals surface area contributed by atoms with Crippen molar-refractivity contribution >= 4 is 33.7 Å². The fourth-order valence-corrected chi connectivity index (χ4v) is 4.49. The van der Waals surface area contributed by atoms with E-state index in [1.54, 1.807) is 24.5 Å². The molecule has 0 bridgehead atoms. The molecule has 3 aromatic rings. The first-order valence-electron chi connectivity index (χ1n) is 10.5. The Morgan fingerprint density at radius 3 is 2.45 bits per heavy atom. The van der Waals surface area contributed by atoms with Crippen molar-refractivity contribution < 1.29 is 18.3 Å². The Labute approximate surface area is 199 Å². The lowest BCUT2D eigenvalue weighted by Gasteiger charge is -2.13. The van der Waals surface area contributed by atoms with Crippen molar-refractivity contribution in [1.29, 1.82) is 0 Å². The average Bonchev–Trinajstić information content (AvgIpc) is 2.80. The molecule has 8 heteroatoms. The summed E-state index contributed by atoms with van der Waals surface area (Å²) in [7, 11) is -3.61. The van der Waals surface area contributed by atoms with Crippen LogP contribution in [0.2, 0.25) is 5.02 Å². The summed E-state index contributed by atoms with van der Waals surface area (Å²) in [6.07, 6.45) is 8.93. The second-order valence-electron chi connectivity index (χ2n) is 7.50. The van der Waals surface area contributed by atoms with Gasteiger partial charge in [0.2, 0.25) is 10.0 Å². The van der Waals surface area contributed by atoms with Gasteiger partial charge in [-0.25, -0.2) is 13.1 Å². The number of aliphatic carboxylic acids is 1. The fourth-order valence-electron chi connectivity index (χ4n) is 3.33. The number of pyridine rings is 1. The molecule has 0 fully saturated rings. The van der Waals surface area contributed by atoms with Gasteiger partial charge < -0.3 is 5.11 Å². The molecule has 0 spiro atoms. The van der Waals surface area contributed by atoms with E-state index < -0.39 is 21.9 Å². The van der Waals surface area contributed by atoms with Gasteiger partial charge in [-0.15, -0.1) is 0 Å². The topological polar surface area (TPSA) is 96.4 Å². The van der Waals surface area contributed by atoms with Gasteiger partial charge in [0.25, 0.3) is 0 Å². The van der Waals surface area contributed by atoms with Crippen LogP contribution in [0.25, 0.3) is 6.08 Å². The second kappa shape index (κ2) is 11.7. The molecule has 0 radical (unpaired) electrons. The number of benzene rings is 2. The van der Waals surface area contributed by atoms with Gasteiger partial charge in [-0.2, -0.15) is 0 Å². The Kier molecular flexibility index (Phi) is 8.77. The lowest BCUT2D eigenvalue weighted by Crippen LogP contribution is -2.26. The highest BCUT2D eigenvalue weighted by Gasteiger charge is 2.19. The molecule has 1 unspecified atom stereocenters. The summed E-state index contributed by atoms with van der Waals surface area (Å²) in [5.41, 5.74) is 2.61. The highest BCUT2D eigenvalue weighted by atomic mass is 35.5. The number of carbonyl (C=O) groups is 1. The molecular weight excluding hydrogens is 460 g/mol. The summed E-state index contributed by atoms with van der Waals surface area (Å²) in [5, 5.41) is 10.1. The van der Waals surface area contributed by atoms with E-state index >= 15 is 0 Å². The van der Waals surface area contributed by atoms with E-state index in [2.05, 4.69) is 9.71 Å². The molecule has 33 heavy (non-hydrogen) atoms. The van der Waals surface area contributed by atoms with Crippen LogP contribution >= 0.6 is 11.6 Å². The zero-order valence-corrected chi connectivity index (χ0v) is 19.5. The van der Waals surface area contributed by atoms with Crippen LogP contribution in [0, 0.1) is 0 Å². The molecule has 0 saturated heterocycles. The van der Waals surface area contributed by atoms with Gasteiger partial charge in [0, 0.05) is 24.0 Å². The monoisotopic (exact) mass is 484 g/mol. The summed E-state index contributed by atoms with van der Waals surface area (Å²) in [5.74, 6) is -1.48. The van der Waals surface area contributed by atoms with Crippen LogP contribution in [0.4, 0.5) is 0 Å². The first-order valence-corrected chi connectivity index (χ1v) is 12.3. The Balaban J connectivity index is 1.53. The van der Waals surface area contributed by atoms with Gasteiger partial charge in [-0.1, -0.05) is 54.1 Å². The number of aromatic nitrogens is 1. The summed E-state index contributed by atoms with van der Waals surface area (Å²) in [4.78, 5) is 16.0. The van der Waals surface area contributed by atoms with Crippen LogP contribution in [0.1, 0.15) is 35.4 Å². The molecule has 2 aromatic carbocycles. The molecule has 2 N–H and O–H groups in total. The molecule has 0 aliphatic rings. The van der Waals surface area contributed by atoms with E-state index in [1.165, 1.54) is 24.3 Å². The number of carboxylic acid groups (broad SMARTS) is 1. The van der Waals surface area contributed by atoms with Crippen LogP contribution in [-0.2, 0) is 21.2 Å². The fraction of sp³-hybridized carbons (Fsp3) is 0.200. The first kappa shape index (κ1) is 24.6. The van der Waals surface area contributed by atoms with E-state index in [1.807, 2.05) is 36.4 Å². The largest absolute Gasteiger partial charge is 0.481 e. The van der Waals surface area contributed by atoms with E-state index in [-0.39, 0.29) is 11.4 Å². The van der Waals surface area contributed by atoms with Crippen LogP contribution in [0.15, 0.2) is 84.0 Å². The maximum atomic E-state index is 12.3. The minimum Gasteiger partial charge on any atom is -0.481 e. The Hall–Kier alpha value is -3.00. The normalized spacial score (nSPS) is 12.6. The third-order valence-corrected chi connectivity index (χ3v) is 6.86. The average molecular weight is 485 g/mol. The predicted molar refractivity (Wildman–Crippen MR) is 130 cm³/mol. The number of allylic oxidation sites excluding steroid dienone is 1. The van der Waals surface area contributed by atoms with Gasteiger partial charge in [0.15, 0.2) is 0 Å². The molecule has 1 aromatic heterocycles. The number of sulfonamides is 1. The molecule has 1 heterocycles. The third-order valence-electron chi connectivity index (χ3n) is 5.13. The lowest BCUT2D eigenvalue weighted by molar-refractivity contribution is -0.138. The first-order chi connectivity index (χ1) is 15.8. The van der Waals surface area contributed by atoms with E-state index in [0.717, 1.165) is 16.7 Å². The Bertz CT molecular complexity index is 1180. The van der Waals surface area contributed by atoms with Crippen molar-refractivity contribution in [1.82, 2.24) is 9.71 Å². The Morgan fingerprint density at radius 1 is 1.09 bits per heavy atom. The summed E-state index contributed by atoms with van der Waals surface area (Å²) < 4.78 is 27.2. The van der Waals surface area contributed by atoms with Crippen LogP contribution in [-0.4, -0.2) is 31.0 Å². The molecule has 0 amide bonds. The van der Waals surface area contributed by atoms with Crippen LogP contribution in [0.5, 0.6) is 0 Å². The van der Waals surface area contributed by atoms with Crippen LogP contribution in [0.3, 0.4) is 0 Å². The van der Waals surface area contributed by atoms with Crippen molar-refractivity contribution in [2.45, 2.75) is 30.1 Å². The van der Waals surface area contributed by atoms with Gasteiger partial charge >= 0.3 is 5.97 Å². The minimum atomic E-state index is -3.61. The number of hydrogen-bond donors (Lipinski definition) is 2. The third kappa shape index (κ3) is 7.53. The predicted octanol–water partition coefficient (Wildman–Crippen LogP) is 4.92. The summed E-state index contributed by atoms with van der Waals surface area (Å²) >= 11 is 5.80. The zero-order chi connectivity index (χ0) is 23.7. The van der Waals surface area contributed by atoms with E-state index in [4.69, 9.17) is 11.6 Å². The minimum absolute atomic E-state index is 0.157. The molecule has 0 aliphatic carbocycles.